The molecule has 0 fully saturated rings. The Balaban J connectivity index is 3.50. The lowest BCUT2D eigenvalue weighted by Gasteiger charge is -2.31. The average molecular weight is 293 g/mol. The van der Waals surface area contributed by atoms with Crippen LogP contribution in [0.15, 0.2) is 18.2 Å². The van der Waals surface area contributed by atoms with Gasteiger partial charge in [0.1, 0.15) is 6.29 Å². The highest BCUT2D eigenvalue weighted by molar-refractivity contribution is 6.93. The molecule has 106 valence electrons. The summed E-state index contributed by atoms with van der Waals surface area (Å²) >= 11 is 0. The predicted molar refractivity (Wildman–Crippen MR) is 91.6 cm³/mol. The zero-order valence-electron chi connectivity index (χ0n) is 13.3. The van der Waals surface area contributed by atoms with Crippen molar-refractivity contribution in [3.63, 3.8) is 0 Å². The van der Waals surface area contributed by atoms with Crippen molar-refractivity contribution in [1.29, 1.82) is 0 Å². The second kappa shape index (κ2) is 6.18. The maximum atomic E-state index is 11.4. The summed E-state index contributed by atoms with van der Waals surface area (Å²) in [4.78, 5) is 11.4. The molecule has 1 rings (SSSR count). The second-order valence-corrected chi connectivity index (χ2v) is 16.8. The van der Waals surface area contributed by atoms with E-state index in [-0.39, 0.29) is 0 Å². The molecule has 1 aromatic rings. The van der Waals surface area contributed by atoms with Crippen LogP contribution >= 0.6 is 0 Å². The Morgan fingerprint density at radius 3 is 1.89 bits per heavy atom. The minimum Gasteiger partial charge on any atom is -0.298 e. The molecule has 0 unspecified atom stereocenters. The van der Waals surface area contributed by atoms with E-state index in [4.69, 9.17) is 0 Å². The fraction of sp³-hybridized carbons (Fsp3) is 0.562. The third-order valence-corrected chi connectivity index (χ3v) is 12.3. The van der Waals surface area contributed by atoms with Crippen molar-refractivity contribution in [2.24, 2.45) is 0 Å². The molecule has 0 amide bonds. The van der Waals surface area contributed by atoms with E-state index in [1.807, 2.05) is 0 Å². The van der Waals surface area contributed by atoms with Crippen LogP contribution in [0.3, 0.4) is 0 Å². The maximum absolute atomic E-state index is 11.4. The zero-order valence-corrected chi connectivity index (χ0v) is 15.3. The fourth-order valence-corrected chi connectivity index (χ4v) is 8.07. The molecule has 0 aliphatic rings. The normalized spacial score (nSPS) is 12.5. The molecule has 0 atom stereocenters. The summed E-state index contributed by atoms with van der Waals surface area (Å²) in [5, 5.41) is 2.90. The van der Waals surface area contributed by atoms with Gasteiger partial charge in [0.25, 0.3) is 0 Å². The van der Waals surface area contributed by atoms with Gasteiger partial charge >= 0.3 is 0 Å². The van der Waals surface area contributed by atoms with Crippen LogP contribution in [0.1, 0.15) is 31.1 Å². The van der Waals surface area contributed by atoms with E-state index < -0.39 is 16.1 Å². The second-order valence-electron chi connectivity index (χ2n) is 6.51. The first-order chi connectivity index (χ1) is 8.84. The van der Waals surface area contributed by atoms with Gasteiger partial charge in [-0.3, -0.25) is 4.79 Å². The van der Waals surface area contributed by atoms with Crippen LogP contribution in [0.5, 0.6) is 0 Å². The molecule has 3 heteroatoms. The van der Waals surface area contributed by atoms with Gasteiger partial charge in [-0.1, -0.05) is 81.9 Å². The van der Waals surface area contributed by atoms with E-state index in [0.717, 1.165) is 11.8 Å². The number of rotatable bonds is 6. The number of carbonyl (C=O) groups is 1. The number of carbonyl (C=O) groups excluding carboxylic acids is 1. The van der Waals surface area contributed by atoms with Crippen LogP contribution in [0.2, 0.25) is 37.8 Å². The Morgan fingerprint density at radius 2 is 1.53 bits per heavy atom. The van der Waals surface area contributed by atoms with Crippen molar-refractivity contribution >= 4 is 32.8 Å². The molecule has 0 heterocycles. The van der Waals surface area contributed by atoms with Crippen LogP contribution in [0, 0.1) is 0 Å². The molecule has 19 heavy (non-hydrogen) atoms. The summed E-state index contributed by atoms with van der Waals surface area (Å²) < 4.78 is 0. The van der Waals surface area contributed by atoms with Gasteiger partial charge in [-0.05, 0) is 5.19 Å². The topological polar surface area (TPSA) is 17.1 Å². The van der Waals surface area contributed by atoms with Crippen molar-refractivity contribution in [2.75, 3.05) is 0 Å². The van der Waals surface area contributed by atoms with Crippen LogP contribution in [-0.4, -0.2) is 22.4 Å². The number of aldehydes is 1. The SMILES string of the molecule is CC[Si](CC)(CC)c1cc([Si](C)(C)C)ccc1C=O. The van der Waals surface area contributed by atoms with Crippen molar-refractivity contribution in [2.45, 2.75) is 58.5 Å². The molecule has 0 radical (unpaired) electrons. The van der Waals surface area contributed by atoms with Crippen molar-refractivity contribution < 1.29 is 4.79 Å². The van der Waals surface area contributed by atoms with E-state index in [9.17, 15) is 4.79 Å². The summed E-state index contributed by atoms with van der Waals surface area (Å²) in [5.41, 5.74) is 0.944. The van der Waals surface area contributed by atoms with E-state index in [1.165, 1.54) is 28.5 Å². The van der Waals surface area contributed by atoms with E-state index in [0.29, 0.717) is 0 Å². The van der Waals surface area contributed by atoms with E-state index in [1.54, 1.807) is 0 Å². The molecule has 0 aliphatic heterocycles. The third kappa shape index (κ3) is 3.26. The Hall–Kier alpha value is -0.676. The molecular formula is C16H28OSi2. The summed E-state index contributed by atoms with van der Waals surface area (Å²) in [7, 11) is -2.79. The lowest BCUT2D eigenvalue weighted by Crippen LogP contribution is -2.51. The van der Waals surface area contributed by atoms with Crippen molar-refractivity contribution in [3.05, 3.63) is 23.8 Å². The lowest BCUT2D eigenvalue weighted by molar-refractivity contribution is 0.112. The van der Waals surface area contributed by atoms with Gasteiger partial charge in [-0.15, -0.1) is 0 Å². The highest BCUT2D eigenvalue weighted by atomic mass is 28.3. The molecule has 0 saturated heterocycles. The van der Waals surface area contributed by atoms with E-state index in [2.05, 4.69) is 58.6 Å². The van der Waals surface area contributed by atoms with Gasteiger partial charge in [-0.25, -0.2) is 0 Å². The molecular weight excluding hydrogens is 264 g/mol. The lowest BCUT2D eigenvalue weighted by atomic mass is 10.2. The number of hydrogen-bond donors (Lipinski definition) is 0. The van der Waals surface area contributed by atoms with Crippen molar-refractivity contribution in [3.8, 4) is 0 Å². The Kier molecular flexibility index (Phi) is 5.33. The quantitative estimate of drug-likeness (QED) is 0.576. The van der Waals surface area contributed by atoms with Gasteiger partial charge < -0.3 is 0 Å². The fourth-order valence-electron chi connectivity index (χ4n) is 2.91. The Morgan fingerprint density at radius 1 is 1.00 bits per heavy atom. The summed E-state index contributed by atoms with van der Waals surface area (Å²) in [6.07, 6.45) is 1.06. The molecule has 0 bridgehead atoms. The van der Waals surface area contributed by atoms with Crippen LogP contribution in [-0.2, 0) is 0 Å². The number of hydrogen-bond acceptors (Lipinski definition) is 1. The maximum Gasteiger partial charge on any atom is 0.149 e. The van der Waals surface area contributed by atoms with Crippen LogP contribution in [0.25, 0.3) is 0 Å². The van der Waals surface area contributed by atoms with Crippen LogP contribution in [0.4, 0.5) is 0 Å². The molecule has 0 N–H and O–H groups in total. The van der Waals surface area contributed by atoms with Gasteiger partial charge in [0, 0.05) is 5.56 Å². The molecule has 0 aromatic heterocycles. The molecule has 1 aromatic carbocycles. The van der Waals surface area contributed by atoms with Gasteiger partial charge in [-0.2, -0.15) is 0 Å². The van der Waals surface area contributed by atoms with Gasteiger partial charge in [0.2, 0.25) is 0 Å². The van der Waals surface area contributed by atoms with Crippen molar-refractivity contribution in [1.82, 2.24) is 0 Å². The molecule has 0 aliphatic carbocycles. The first-order valence-corrected chi connectivity index (χ1v) is 13.6. The van der Waals surface area contributed by atoms with Gasteiger partial charge in [0.15, 0.2) is 0 Å². The van der Waals surface area contributed by atoms with E-state index >= 15 is 0 Å². The highest BCUT2D eigenvalue weighted by Crippen LogP contribution is 2.21. The standard InChI is InChI=1S/C16H28OSi2/c1-7-19(8-2,9-3)16-12-15(18(4,5)6)11-10-14(16)13-17/h10-13H,7-9H2,1-6H3. The molecule has 1 nitrogen and oxygen atoms in total. The zero-order chi connectivity index (χ0) is 14.7. The summed E-state index contributed by atoms with van der Waals surface area (Å²) in [5.74, 6) is 0. The third-order valence-electron chi connectivity index (χ3n) is 4.65. The first-order valence-electron chi connectivity index (χ1n) is 7.44. The molecule has 0 saturated carbocycles. The van der Waals surface area contributed by atoms with Gasteiger partial charge in [0.05, 0.1) is 16.1 Å². The number of benzene rings is 1. The average Bonchev–Trinajstić information content (AvgIpc) is 2.40. The first kappa shape index (κ1) is 16.4. The summed E-state index contributed by atoms with van der Waals surface area (Å²) in [6.45, 7) is 14.0. The van der Waals surface area contributed by atoms with Crippen LogP contribution < -0.4 is 10.4 Å². The minimum absolute atomic E-state index is 0.944. The Labute approximate surface area is 120 Å². The largest absolute Gasteiger partial charge is 0.298 e. The molecule has 0 spiro atoms. The predicted octanol–water partition coefficient (Wildman–Crippen LogP) is 3.76. The highest BCUT2D eigenvalue weighted by Gasteiger charge is 2.32. The smallest absolute Gasteiger partial charge is 0.149 e. The monoisotopic (exact) mass is 292 g/mol. The Bertz CT molecular complexity index is 434. The summed E-state index contributed by atoms with van der Waals surface area (Å²) in [6, 6.07) is 10.3. The minimum atomic E-state index is -1.48.